The highest BCUT2D eigenvalue weighted by Gasteiger charge is 2.37. The number of alkyl halides is 3. The van der Waals surface area contributed by atoms with Gasteiger partial charge in [0.1, 0.15) is 5.75 Å². The number of nitrogens with zero attached hydrogens (tertiary/aromatic N) is 1. The zero-order valence-corrected chi connectivity index (χ0v) is 8.51. The second-order valence-electron chi connectivity index (χ2n) is 2.88. The molecule has 0 aliphatic rings. The first-order valence-electron chi connectivity index (χ1n) is 4.48. The molecule has 0 saturated heterocycles. The van der Waals surface area contributed by atoms with Crippen LogP contribution in [0.1, 0.15) is 6.92 Å². The van der Waals surface area contributed by atoms with Gasteiger partial charge in [-0.3, -0.25) is 4.90 Å². The highest BCUT2D eigenvalue weighted by molar-refractivity contribution is 5.58. The molecule has 15 heavy (non-hydrogen) atoms. The van der Waals surface area contributed by atoms with Crippen LogP contribution in [-0.4, -0.2) is 20.0 Å². The standard InChI is InChI=1S/C10H12F3NO/c1-3-14(10(11,12)13)8-6-4-5-7-9(8)15-2/h4-7H,3H2,1-2H3. The van der Waals surface area contributed by atoms with Crippen LogP contribution in [0, 0.1) is 0 Å². The molecule has 1 aromatic carbocycles. The first kappa shape index (κ1) is 11.7. The Morgan fingerprint density at radius 1 is 1.27 bits per heavy atom. The summed E-state index contributed by atoms with van der Waals surface area (Å²) >= 11 is 0. The Kier molecular flexibility index (Phi) is 3.44. The number of halogens is 3. The molecular weight excluding hydrogens is 207 g/mol. The van der Waals surface area contributed by atoms with Gasteiger partial charge in [0.05, 0.1) is 12.8 Å². The van der Waals surface area contributed by atoms with Crippen LogP contribution in [0.25, 0.3) is 0 Å². The van der Waals surface area contributed by atoms with Gasteiger partial charge in [-0.25, -0.2) is 0 Å². The van der Waals surface area contributed by atoms with E-state index in [0.29, 0.717) is 4.90 Å². The fourth-order valence-electron chi connectivity index (χ4n) is 1.34. The molecule has 0 N–H and O–H groups in total. The number of benzene rings is 1. The Morgan fingerprint density at radius 2 is 1.87 bits per heavy atom. The Hall–Kier alpha value is -1.39. The fourth-order valence-corrected chi connectivity index (χ4v) is 1.34. The first-order valence-corrected chi connectivity index (χ1v) is 4.48. The maximum Gasteiger partial charge on any atom is 0.485 e. The van der Waals surface area contributed by atoms with E-state index < -0.39 is 6.30 Å². The molecular formula is C10H12F3NO. The first-order chi connectivity index (χ1) is 7.00. The largest absolute Gasteiger partial charge is 0.495 e. The highest BCUT2D eigenvalue weighted by atomic mass is 19.4. The number of anilines is 1. The molecule has 84 valence electrons. The van der Waals surface area contributed by atoms with Crippen LogP contribution in [0.4, 0.5) is 18.9 Å². The van der Waals surface area contributed by atoms with E-state index in [2.05, 4.69) is 0 Å². The molecule has 1 aromatic rings. The molecule has 5 heteroatoms. The summed E-state index contributed by atoms with van der Waals surface area (Å²) in [7, 11) is 1.35. The Bertz CT molecular complexity index is 325. The normalized spacial score (nSPS) is 11.3. The Balaban J connectivity index is 3.12. The van der Waals surface area contributed by atoms with Gasteiger partial charge in [-0.1, -0.05) is 12.1 Å². The SMILES string of the molecule is CCN(c1ccccc1OC)C(F)(F)F. The number of methoxy groups -OCH3 is 1. The zero-order chi connectivity index (χ0) is 11.5. The van der Waals surface area contributed by atoms with Crippen LogP contribution >= 0.6 is 0 Å². The summed E-state index contributed by atoms with van der Waals surface area (Å²) in [5.41, 5.74) is 0.0370. The lowest BCUT2D eigenvalue weighted by Gasteiger charge is -2.26. The molecule has 0 fully saturated rings. The fraction of sp³-hybridized carbons (Fsp3) is 0.400. The van der Waals surface area contributed by atoms with Gasteiger partial charge >= 0.3 is 6.30 Å². The lowest BCUT2D eigenvalue weighted by molar-refractivity contribution is -0.128. The van der Waals surface area contributed by atoms with E-state index in [-0.39, 0.29) is 18.0 Å². The van der Waals surface area contributed by atoms with Gasteiger partial charge in [0.25, 0.3) is 0 Å². The summed E-state index contributed by atoms with van der Waals surface area (Å²) in [5.74, 6) is 0.219. The minimum absolute atomic E-state index is 0.0370. The van der Waals surface area contributed by atoms with Gasteiger partial charge in [0.15, 0.2) is 0 Å². The zero-order valence-electron chi connectivity index (χ0n) is 8.51. The van der Waals surface area contributed by atoms with Crippen molar-refractivity contribution in [2.45, 2.75) is 13.2 Å². The third-order valence-electron chi connectivity index (χ3n) is 2.00. The molecule has 0 atom stereocenters. The quantitative estimate of drug-likeness (QED) is 0.724. The molecule has 0 bridgehead atoms. The molecule has 0 amide bonds. The summed E-state index contributed by atoms with van der Waals surface area (Å²) in [6, 6.07) is 6.07. The average molecular weight is 219 g/mol. The van der Waals surface area contributed by atoms with Crippen molar-refractivity contribution in [1.29, 1.82) is 0 Å². The smallest absolute Gasteiger partial charge is 0.485 e. The van der Waals surface area contributed by atoms with Gasteiger partial charge in [-0.05, 0) is 19.1 Å². The Morgan fingerprint density at radius 3 is 2.33 bits per heavy atom. The number of hydrogen-bond donors (Lipinski definition) is 0. The van der Waals surface area contributed by atoms with E-state index in [1.807, 2.05) is 0 Å². The van der Waals surface area contributed by atoms with E-state index in [4.69, 9.17) is 4.74 Å². The lowest BCUT2D eigenvalue weighted by atomic mass is 10.2. The monoisotopic (exact) mass is 219 g/mol. The molecule has 0 heterocycles. The summed E-state index contributed by atoms with van der Waals surface area (Å²) < 4.78 is 42.7. The summed E-state index contributed by atoms with van der Waals surface area (Å²) in [5, 5.41) is 0. The third-order valence-corrected chi connectivity index (χ3v) is 2.00. The molecule has 2 nitrogen and oxygen atoms in total. The van der Waals surface area contributed by atoms with Gasteiger partial charge < -0.3 is 4.74 Å². The average Bonchev–Trinajstić information content (AvgIpc) is 2.17. The maximum absolute atomic E-state index is 12.6. The van der Waals surface area contributed by atoms with Gasteiger partial charge in [0.2, 0.25) is 0 Å². The van der Waals surface area contributed by atoms with E-state index in [0.717, 1.165) is 0 Å². The van der Waals surface area contributed by atoms with Gasteiger partial charge in [-0.15, -0.1) is 0 Å². The van der Waals surface area contributed by atoms with Crippen LogP contribution in [0.15, 0.2) is 24.3 Å². The van der Waals surface area contributed by atoms with E-state index >= 15 is 0 Å². The van der Waals surface area contributed by atoms with Crippen molar-refractivity contribution < 1.29 is 17.9 Å². The predicted molar refractivity (Wildman–Crippen MR) is 52.1 cm³/mol. The van der Waals surface area contributed by atoms with Crippen LogP contribution in [0.2, 0.25) is 0 Å². The summed E-state index contributed by atoms with van der Waals surface area (Å²) in [6.45, 7) is 1.30. The number of hydrogen-bond acceptors (Lipinski definition) is 2. The molecule has 0 unspecified atom stereocenters. The van der Waals surface area contributed by atoms with Crippen molar-refractivity contribution in [3.63, 3.8) is 0 Å². The lowest BCUT2D eigenvalue weighted by Crippen LogP contribution is -2.37. The highest BCUT2D eigenvalue weighted by Crippen LogP contribution is 2.34. The van der Waals surface area contributed by atoms with Crippen LogP contribution < -0.4 is 9.64 Å². The second-order valence-corrected chi connectivity index (χ2v) is 2.88. The number of rotatable bonds is 3. The van der Waals surface area contributed by atoms with E-state index in [1.165, 1.54) is 26.2 Å². The molecule has 0 aliphatic carbocycles. The van der Waals surface area contributed by atoms with E-state index in [1.54, 1.807) is 12.1 Å². The van der Waals surface area contributed by atoms with Crippen molar-refractivity contribution in [2.75, 3.05) is 18.6 Å². The van der Waals surface area contributed by atoms with Crippen LogP contribution in [0.5, 0.6) is 5.75 Å². The predicted octanol–water partition coefficient (Wildman–Crippen LogP) is 3.04. The van der Waals surface area contributed by atoms with Crippen molar-refractivity contribution in [3.05, 3.63) is 24.3 Å². The van der Waals surface area contributed by atoms with Crippen molar-refractivity contribution in [1.82, 2.24) is 0 Å². The van der Waals surface area contributed by atoms with Crippen molar-refractivity contribution in [3.8, 4) is 5.75 Å². The van der Waals surface area contributed by atoms with Gasteiger partial charge in [-0.2, -0.15) is 13.2 Å². The topological polar surface area (TPSA) is 12.5 Å². The third kappa shape index (κ3) is 2.55. The molecule has 0 radical (unpaired) electrons. The van der Waals surface area contributed by atoms with Gasteiger partial charge in [0, 0.05) is 6.54 Å². The summed E-state index contributed by atoms with van der Waals surface area (Å²) in [4.78, 5) is 0.339. The van der Waals surface area contributed by atoms with Crippen LogP contribution in [-0.2, 0) is 0 Å². The van der Waals surface area contributed by atoms with Crippen LogP contribution in [0.3, 0.4) is 0 Å². The molecule has 1 rings (SSSR count). The molecule has 0 aliphatic heterocycles. The maximum atomic E-state index is 12.6. The Labute approximate surface area is 86.3 Å². The molecule has 0 aromatic heterocycles. The summed E-state index contributed by atoms with van der Waals surface area (Å²) in [6.07, 6.45) is -4.39. The minimum atomic E-state index is -4.39. The molecule has 0 spiro atoms. The van der Waals surface area contributed by atoms with Crippen molar-refractivity contribution >= 4 is 5.69 Å². The second kappa shape index (κ2) is 4.42. The molecule has 0 saturated carbocycles. The number of para-hydroxylation sites is 2. The van der Waals surface area contributed by atoms with Crippen molar-refractivity contribution in [2.24, 2.45) is 0 Å². The minimum Gasteiger partial charge on any atom is -0.495 e. The van der Waals surface area contributed by atoms with E-state index in [9.17, 15) is 13.2 Å². The number of ether oxygens (including phenoxy) is 1.